The van der Waals surface area contributed by atoms with Crippen molar-refractivity contribution in [2.45, 2.75) is 18.9 Å². The lowest BCUT2D eigenvalue weighted by molar-refractivity contribution is 0.167. The van der Waals surface area contributed by atoms with E-state index in [2.05, 4.69) is 21.2 Å². The SMILES string of the molecule is Brc1ccc(O[C@@H]2CCCNC2)cc1. The number of hydrogen-bond donors (Lipinski definition) is 1. The molecule has 2 nitrogen and oxygen atoms in total. The highest BCUT2D eigenvalue weighted by Gasteiger charge is 2.13. The first-order valence-corrected chi connectivity index (χ1v) is 5.77. The van der Waals surface area contributed by atoms with Crippen LogP contribution in [0.5, 0.6) is 5.75 Å². The Bertz CT molecular complexity index is 280. The number of hydrogen-bond acceptors (Lipinski definition) is 2. The molecule has 1 N–H and O–H groups in total. The highest BCUT2D eigenvalue weighted by molar-refractivity contribution is 9.10. The summed E-state index contributed by atoms with van der Waals surface area (Å²) in [5, 5.41) is 3.33. The molecule has 1 fully saturated rings. The van der Waals surface area contributed by atoms with E-state index >= 15 is 0 Å². The summed E-state index contributed by atoms with van der Waals surface area (Å²) in [6.07, 6.45) is 2.70. The van der Waals surface area contributed by atoms with E-state index in [1.807, 2.05) is 24.3 Å². The summed E-state index contributed by atoms with van der Waals surface area (Å²) in [6, 6.07) is 8.01. The van der Waals surface area contributed by atoms with Crippen LogP contribution in [0.4, 0.5) is 0 Å². The van der Waals surface area contributed by atoms with Crippen LogP contribution in [0.3, 0.4) is 0 Å². The Morgan fingerprint density at radius 2 is 2.07 bits per heavy atom. The fourth-order valence-corrected chi connectivity index (χ4v) is 1.89. The maximum Gasteiger partial charge on any atom is 0.119 e. The molecule has 2 rings (SSSR count). The molecular formula is C11H14BrNO. The van der Waals surface area contributed by atoms with Gasteiger partial charge >= 0.3 is 0 Å². The first kappa shape index (κ1) is 9.99. The normalized spacial score (nSPS) is 21.9. The minimum absolute atomic E-state index is 0.338. The van der Waals surface area contributed by atoms with Gasteiger partial charge in [-0.15, -0.1) is 0 Å². The Morgan fingerprint density at radius 1 is 1.29 bits per heavy atom. The Labute approximate surface area is 92.8 Å². The molecular weight excluding hydrogens is 242 g/mol. The van der Waals surface area contributed by atoms with Crippen LogP contribution in [0.2, 0.25) is 0 Å². The fraction of sp³-hybridized carbons (Fsp3) is 0.455. The summed E-state index contributed by atoms with van der Waals surface area (Å²) in [6.45, 7) is 2.09. The maximum absolute atomic E-state index is 5.83. The van der Waals surface area contributed by atoms with Gasteiger partial charge in [-0.05, 0) is 43.7 Å². The van der Waals surface area contributed by atoms with E-state index in [1.165, 1.54) is 6.42 Å². The Hall–Kier alpha value is -0.540. The topological polar surface area (TPSA) is 21.3 Å². The van der Waals surface area contributed by atoms with Crippen molar-refractivity contribution in [1.82, 2.24) is 5.32 Å². The van der Waals surface area contributed by atoms with Gasteiger partial charge in [0.1, 0.15) is 11.9 Å². The molecule has 3 heteroatoms. The van der Waals surface area contributed by atoms with Crippen LogP contribution in [0, 0.1) is 0 Å². The third-order valence-electron chi connectivity index (χ3n) is 2.37. The molecule has 1 saturated heterocycles. The zero-order valence-corrected chi connectivity index (χ0v) is 9.59. The van der Waals surface area contributed by atoms with Gasteiger partial charge in [-0.1, -0.05) is 15.9 Å². The van der Waals surface area contributed by atoms with E-state index in [4.69, 9.17) is 4.74 Å². The smallest absolute Gasteiger partial charge is 0.119 e. The number of piperidine rings is 1. The molecule has 1 aliphatic heterocycles. The molecule has 14 heavy (non-hydrogen) atoms. The Morgan fingerprint density at radius 3 is 2.71 bits per heavy atom. The van der Waals surface area contributed by atoms with Gasteiger partial charge in [0.05, 0.1) is 0 Å². The van der Waals surface area contributed by atoms with Gasteiger partial charge in [0.2, 0.25) is 0 Å². The van der Waals surface area contributed by atoms with Crippen molar-refractivity contribution < 1.29 is 4.74 Å². The van der Waals surface area contributed by atoms with Crippen molar-refractivity contribution >= 4 is 15.9 Å². The van der Waals surface area contributed by atoms with Gasteiger partial charge in [0.25, 0.3) is 0 Å². The van der Waals surface area contributed by atoms with Gasteiger partial charge in [-0.25, -0.2) is 0 Å². The predicted octanol–water partition coefficient (Wildman–Crippen LogP) is 2.58. The lowest BCUT2D eigenvalue weighted by Gasteiger charge is -2.23. The molecule has 0 spiro atoms. The van der Waals surface area contributed by atoms with Gasteiger partial charge in [-0.3, -0.25) is 0 Å². The molecule has 0 aromatic heterocycles. The fourth-order valence-electron chi connectivity index (χ4n) is 1.63. The van der Waals surface area contributed by atoms with E-state index in [0.717, 1.165) is 29.7 Å². The maximum atomic E-state index is 5.83. The molecule has 1 aromatic carbocycles. The zero-order chi connectivity index (χ0) is 9.80. The average molecular weight is 256 g/mol. The van der Waals surface area contributed by atoms with E-state index in [1.54, 1.807) is 0 Å². The Kier molecular flexibility index (Phi) is 3.43. The highest BCUT2D eigenvalue weighted by atomic mass is 79.9. The van der Waals surface area contributed by atoms with Gasteiger partial charge in [0, 0.05) is 11.0 Å². The molecule has 1 aliphatic rings. The first-order chi connectivity index (χ1) is 6.84. The van der Waals surface area contributed by atoms with Crippen LogP contribution in [0.25, 0.3) is 0 Å². The van der Waals surface area contributed by atoms with Crippen molar-refractivity contribution in [2.75, 3.05) is 13.1 Å². The van der Waals surface area contributed by atoms with Gasteiger partial charge in [0.15, 0.2) is 0 Å². The molecule has 76 valence electrons. The standard InChI is InChI=1S/C11H14BrNO/c12-9-3-5-10(6-4-9)14-11-2-1-7-13-8-11/h3-6,11,13H,1-2,7-8H2/t11-/m1/s1. The molecule has 0 amide bonds. The van der Waals surface area contributed by atoms with Crippen LogP contribution < -0.4 is 10.1 Å². The van der Waals surface area contributed by atoms with Crippen LogP contribution >= 0.6 is 15.9 Å². The second-order valence-electron chi connectivity index (χ2n) is 3.54. The quantitative estimate of drug-likeness (QED) is 0.878. The highest BCUT2D eigenvalue weighted by Crippen LogP contribution is 2.18. The molecule has 1 atom stereocenters. The van der Waals surface area contributed by atoms with Crippen LogP contribution in [-0.2, 0) is 0 Å². The summed E-state index contributed by atoms with van der Waals surface area (Å²) in [4.78, 5) is 0. The van der Waals surface area contributed by atoms with Crippen molar-refractivity contribution in [2.24, 2.45) is 0 Å². The Balaban J connectivity index is 1.92. The third-order valence-corrected chi connectivity index (χ3v) is 2.90. The van der Waals surface area contributed by atoms with E-state index in [9.17, 15) is 0 Å². The van der Waals surface area contributed by atoms with E-state index in [-0.39, 0.29) is 0 Å². The van der Waals surface area contributed by atoms with Crippen LogP contribution in [0.1, 0.15) is 12.8 Å². The minimum Gasteiger partial charge on any atom is -0.489 e. The van der Waals surface area contributed by atoms with E-state index in [0.29, 0.717) is 6.10 Å². The summed E-state index contributed by atoms with van der Waals surface area (Å²) in [5.74, 6) is 0.960. The van der Waals surface area contributed by atoms with Crippen molar-refractivity contribution in [1.29, 1.82) is 0 Å². The molecule has 1 heterocycles. The lowest BCUT2D eigenvalue weighted by Crippen LogP contribution is -2.37. The lowest BCUT2D eigenvalue weighted by atomic mass is 10.1. The molecule has 0 saturated carbocycles. The van der Waals surface area contributed by atoms with Crippen LogP contribution in [0.15, 0.2) is 28.7 Å². The summed E-state index contributed by atoms with van der Waals surface area (Å²) in [7, 11) is 0. The molecule has 1 aromatic rings. The number of benzene rings is 1. The van der Waals surface area contributed by atoms with Crippen molar-refractivity contribution in [3.8, 4) is 5.75 Å². The number of halogens is 1. The van der Waals surface area contributed by atoms with Gasteiger partial charge < -0.3 is 10.1 Å². The number of rotatable bonds is 2. The van der Waals surface area contributed by atoms with Crippen LogP contribution in [-0.4, -0.2) is 19.2 Å². The first-order valence-electron chi connectivity index (χ1n) is 4.97. The number of nitrogens with one attached hydrogen (secondary N) is 1. The third kappa shape index (κ3) is 2.72. The second-order valence-corrected chi connectivity index (χ2v) is 4.46. The minimum atomic E-state index is 0.338. The zero-order valence-electron chi connectivity index (χ0n) is 8.00. The monoisotopic (exact) mass is 255 g/mol. The summed E-state index contributed by atoms with van der Waals surface area (Å²) < 4.78 is 6.92. The number of ether oxygens (including phenoxy) is 1. The van der Waals surface area contributed by atoms with Gasteiger partial charge in [-0.2, -0.15) is 0 Å². The second kappa shape index (κ2) is 4.80. The van der Waals surface area contributed by atoms with Crippen molar-refractivity contribution in [3.63, 3.8) is 0 Å². The molecule has 0 radical (unpaired) electrons. The molecule has 0 aliphatic carbocycles. The largest absolute Gasteiger partial charge is 0.489 e. The predicted molar refractivity (Wildman–Crippen MR) is 60.7 cm³/mol. The summed E-state index contributed by atoms with van der Waals surface area (Å²) in [5.41, 5.74) is 0. The summed E-state index contributed by atoms with van der Waals surface area (Å²) >= 11 is 3.40. The average Bonchev–Trinajstić information content (AvgIpc) is 2.23. The van der Waals surface area contributed by atoms with Crippen molar-refractivity contribution in [3.05, 3.63) is 28.7 Å². The molecule has 0 unspecified atom stereocenters. The molecule has 0 bridgehead atoms. The van der Waals surface area contributed by atoms with E-state index < -0.39 is 0 Å².